The average Bonchev–Trinajstić information content (AvgIpc) is 2.95. The van der Waals surface area contributed by atoms with Gasteiger partial charge in [-0.05, 0) is 65.3 Å². The molecule has 4 unspecified atom stereocenters. The van der Waals surface area contributed by atoms with E-state index in [1.54, 1.807) is 19.9 Å². The van der Waals surface area contributed by atoms with Crippen LogP contribution in [0.3, 0.4) is 0 Å². The van der Waals surface area contributed by atoms with Gasteiger partial charge in [0.1, 0.15) is 17.4 Å². The highest BCUT2D eigenvalue weighted by atomic mass is 16.7. The highest BCUT2D eigenvalue weighted by Crippen LogP contribution is 2.39. The maximum absolute atomic E-state index is 13.1. The number of rotatable bonds is 8. The number of carbonyl (C=O) groups excluding carboxylic acids is 2. The predicted octanol–water partition coefficient (Wildman–Crippen LogP) is 3.33. The molecule has 1 aliphatic rings. The molecule has 14 nitrogen and oxygen atoms in total. The zero-order valence-corrected chi connectivity index (χ0v) is 25.5. The number of allylic oxidation sites excluding steroid dienone is 2. The number of aromatic hydroxyl groups is 3. The zero-order valence-electron chi connectivity index (χ0n) is 25.5. The first-order valence-electron chi connectivity index (χ1n) is 13.9. The lowest BCUT2D eigenvalue weighted by Crippen LogP contribution is -2.65. The SMILES string of the molecule is COC1C(OC(N)=O)C(O)C(Oc2ccc3c(O)c(NC(=O)c4cc(O)c(O)c(CC=C(C)C)c4)c(=O)oc3c2C)OC1(C)C. The van der Waals surface area contributed by atoms with Crippen molar-refractivity contribution in [1.29, 1.82) is 0 Å². The molecule has 2 amide bonds. The van der Waals surface area contributed by atoms with E-state index in [0.29, 0.717) is 0 Å². The van der Waals surface area contributed by atoms with Crippen LogP contribution in [0.2, 0.25) is 0 Å². The van der Waals surface area contributed by atoms with Crippen LogP contribution in [0, 0.1) is 6.92 Å². The van der Waals surface area contributed by atoms with Crippen LogP contribution in [0.25, 0.3) is 11.0 Å². The van der Waals surface area contributed by atoms with E-state index in [0.717, 1.165) is 11.6 Å². The summed E-state index contributed by atoms with van der Waals surface area (Å²) >= 11 is 0. The molecule has 14 heteroatoms. The molecular formula is C31H36N2O12. The zero-order chi connectivity index (χ0) is 33.4. The minimum Gasteiger partial charge on any atom is -0.505 e. The Bertz CT molecular complexity index is 1720. The van der Waals surface area contributed by atoms with Crippen LogP contribution in [-0.4, -0.2) is 69.7 Å². The van der Waals surface area contributed by atoms with Crippen molar-refractivity contribution in [2.45, 2.75) is 71.2 Å². The Morgan fingerprint density at radius 1 is 1.13 bits per heavy atom. The summed E-state index contributed by atoms with van der Waals surface area (Å²) in [5.74, 6) is -2.26. The maximum atomic E-state index is 13.1. The van der Waals surface area contributed by atoms with Crippen molar-refractivity contribution in [2.24, 2.45) is 5.73 Å². The number of aliphatic hydroxyl groups excluding tert-OH is 1. The fourth-order valence-electron chi connectivity index (χ4n) is 5.14. The van der Waals surface area contributed by atoms with Gasteiger partial charge in [-0.25, -0.2) is 9.59 Å². The molecule has 0 saturated carbocycles. The van der Waals surface area contributed by atoms with E-state index in [4.69, 9.17) is 29.1 Å². The predicted molar refractivity (Wildman–Crippen MR) is 161 cm³/mol. The van der Waals surface area contributed by atoms with Crippen molar-refractivity contribution < 1.29 is 53.4 Å². The van der Waals surface area contributed by atoms with Gasteiger partial charge in [-0.1, -0.05) is 11.6 Å². The van der Waals surface area contributed by atoms with Gasteiger partial charge in [-0.3, -0.25) is 4.79 Å². The second-order valence-electron chi connectivity index (χ2n) is 11.4. The molecule has 1 aliphatic heterocycles. The lowest BCUT2D eigenvalue weighted by Gasteiger charge is -2.47. The molecule has 1 saturated heterocycles. The molecule has 4 rings (SSSR count). The van der Waals surface area contributed by atoms with Gasteiger partial charge in [-0.15, -0.1) is 0 Å². The van der Waals surface area contributed by atoms with E-state index >= 15 is 0 Å². The number of primary amides is 1. The van der Waals surface area contributed by atoms with Crippen molar-refractivity contribution in [3.05, 3.63) is 63.0 Å². The number of benzene rings is 2. The average molecular weight is 629 g/mol. The van der Waals surface area contributed by atoms with E-state index in [2.05, 4.69) is 5.32 Å². The molecule has 0 radical (unpaired) electrons. The standard InChI is InChI=1S/C31H36N2O12/c1-13(2)7-8-15-11-16(12-18(34)21(15)35)27(38)33-20-22(36)17-9-10-19(14(3)24(17)43-28(20)39)42-29-23(37)25(44-30(32)40)26(41-6)31(4,5)45-29/h7,9-12,23,25-26,29,34-37H,8H2,1-6H3,(H2,32,40)(H,33,38). The minimum atomic E-state index is -1.54. The molecule has 2 heterocycles. The molecule has 3 aromatic rings. The monoisotopic (exact) mass is 628 g/mol. The summed E-state index contributed by atoms with van der Waals surface area (Å²) < 4.78 is 27.8. The van der Waals surface area contributed by atoms with E-state index < -0.39 is 65.0 Å². The fraction of sp³-hybridized carbons (Fsp3) is 0.387. The number of hydrogen-bond acceptors (Lipinski definition) is 12. The lowest BCUT2D eigenvalue weighted by molar-refractivity contribution is -0.304. The van der Waals surface area contributed by atoms with Crippen LogP contribution in [0.5, 0.6) is 23.0 Å². The Morgan fingerprint density at radius 3 is 2.44 bits per heavy atom. The first-order valence-corrected chi connectivity index (χ1v) is 13.9. The number of anilines is 1. The lowest BCUT2D eigenvalue weighted by atomic mass is 9.89. The van der Waals surface area contributed by atoms with Crippen molar-refractivity contribution in [2.75, 3.05) is 12.4 Å². The number of aryl methyl sites for hydroxylation is 1. The summed E-state index contributed by atoms with van der Waals surface area (Å²) in [5, 5.41) is 44.7. The Balaban J connectivity index is 1.65. The number of aliphatic hydroxyl groups is 1. The number of phenolic OH excluding ortho intramolecular Hbond substituents is 2. The number of ether oxygens (including phenoxy) is 4. The van der Waals surface area contributed by atoms with E-state index in [-0.39, 0.29) is 45.6 Å². The van der Waals surface area contributed by atoms with E-state index in [1.807, 2.05) is 13.8 Å². The van der Waals surface area contributed by atoms with Crippen molar-refractivity contribution >= 4 is 28.7 Å². The molecule has 1 aromatic heterocycles. The summed E-state index contributed by atoms with van der Waals surface area (Å²) in [6, 6.07) is 5.17. The summed E-state index contributed by atoms with van der Waals surface area (Å²) in [6.07, 6.45) is -4.15. The van der Waals surface area contributed by atoms with Crippen LogP contribution in [0.4, 0.5) is 10.5 Å². The largest absolute Gasteiger partial charge is 0.505 e. The highest BCUT2D eigenvalue weighted by Gasteiger charge is 2.53. The molecular weight excluding hydrogens is 592 g/mol. The van der Waals surface area contributed by atoms with Gasteiger partial charge in [0.2, 0.25) is 6.29 Å². The Kier molecular flexibility index (Phi) is 9.32. The highest BCUT2D eigenvalue weighted by molar-refractivity contribution is 6.07. The second kappa shape index (κ2) is 12.7. The molecule has 1 fully saturated rings. The third kappa shape index (κ3) is 6.67. The number of nitrogens with two attached hydrogens (primary N) is 1. The number of phenols is 2. The molecule has 0 aliphatic carbocycles. The summed E-state index contributed by atoms with van der Waals surface area (Å²) in [4.78, 5) is 37.5. The Hall–Kier alpha value is -4.79. The first-order chi connectivity index (χ1) is 21.0. The molecule has 4 atom stereocenters. The summed E-state index contributed by atoms with van der Waals surface area (Å²) in [7, 11) is 1.36. The van der Waals surface area contributed by atoms with Gasteiger partial charge in [-0.2, -0.15) is 0 Å². The Labute approximate surface area is 257 Å². The number of carbonyl (C=O) groups is 2. The van der Waals surface area contributed by atoms with Crippen LogP contribution in [-0.2, 0) is 20.6 Å². The van der Waals surface area contributed by atoms with Crippen molar-refractivity contribution in [1.82, 2.24) is 0 Å². The second-order valence-corrected chi connectivity index (χ2v) is 11.4. The summed E-state index contributed by atoms with van der Waals surface area (Å²) in [5.41, 5.74) is 3.76. The van der Waals surface area contributed by atoms with Crippen molar-refractivity contribution in [3.63, 3.8) is 0 Å². The molecule has 0 bridgehead atoms. The first kappa shape index (κ1) is 33.1. The molecule has 45 heavy (non-hydrogen) atoms. The molecule has 7 N–H and O–H groups in total. The maximum Gasteiger partial charge on any atom is 0.404 e. The number of amides is 2. The topological polar surface area (TPSA) is 220 Å². The minimum absolute atomic E-state index is 0.0485. The number of nitrogens with one attached hydrogen (secondary N) is 1. The molecule has 2 aromatic carbocycles. The quantitative estimate of drug-likeness (QED) is 0.120. The van der Waals surface area contributed by atoms with Gasteiger partial charge < -0.3 is 54.8 Å². The summed E-state index contributed by atoms with van der Waals surface area (Å²) in [6.45, 7) is 8.53. The van der Waals surface area contributed by atoms with Crippen molar-refractivity contribution in [3.8, 4) is 23.0 Å². The van der Waals surface area contributed by atoms with Crippen LogP contribution in [0.1, 0.15) is 49.2 Å². The van der Waals surface area contributed by atoms with Crippen LogP contribution >= 0.6 is 0 Å². The van der Waals surface area contributed by atoms with Gasteiger partial charge in [0.15, 0.2) is 35.1 Å². The van der Waals surface area contributed by atoms with Crippen LogP contribution < -0.4 is 21.4 Å². The molecule has 242 valence electrons. The van der Waals surface area contributed by atoms with Gasteiger partial charge >= 0.3 is 11.7 Å². The number of methoxy groups -OCH3 is 1. The normalized spacial score (nSPS) is 20.8. The number of fused-ring (bicyclic) bond motifs is 1. The Morgan fingerprint density at radius 2 is 1.82 bits per heavy atom. The molecule has 0 spiro atoms. The third-order valence-electron chi connectivity index (χ3n) is 7.41. The van der Waals surface area contributed by atoms with Gasteiger partial charge in [0.25, 0.3) is 5.91 Å². The van der Waals surface area contributed by atoms with E-state index in [9.17, 15) is 34.8 Å². The van der Waals surface area contributed by atoms with Gasteiger partial charge in [0.05, 0.1) is 11.0 Å². The fourth-order valence-corrected chi connectivity index (χ4v) is 5.14. The van der Waals surface area contributed by atoms with E-state index in [1.165, 1.54) is 32.2 Å². The third-order valence-corrected chi connectivity index (χ3v) is 7.41. The van der Waals surface area contributed by atoms with Gasteiger partial charge in [0, 0.05) is 23.8 Å². The van der Waals surface area contributed by atoms with Crippen LogP contribution in [0.15, 0.2) is 45.1 Å². The number of hydrogen-bond donors (Lipinski definition) is 6. The smallest absolute Gasteiger partial charge is 0.404 e.